The van der Waals surface area contributed by atoms with E-state index in [-0.39, 0.29) is 0 Å². The van der Waals surface area contributed by atoms with Crippen molar-refractivity contribution in [1.29, 1.82) is 0 Å². The molecule has 1 aromatic rings. The minimum absolute atomic E-state index is 0.635. The highest BCUT2D eigenvalue weighted by molar-refractivity contribution is 5.35. The van der Waals surface area contributed by atoms with Gasteiger partial charge in [-0.2, -0.15) is 0 Å². The largest absolute Gasteiger partial charge is 0.497 e. The Hall–Kier alpha value is -1.06. The Morgan fingerprint density at radius 1 is 1.20 bits per heavy atom. The van der Waals surface area contributed by atoms with Crippen LogP contribution in [0.1, 0.15) is 11.1 Å². The number of likely N-dealkylation sites (N-methyl/N-ethyl adjacent to an activating group) is 1. The molecular weight excluding hydrogens is 190 g/mol. The van der Waals surface area contributed by atoms with Gasteiger partial charge in [0.15, 0.2) is 0 Å². The third-order valence-corrected chi connectivity index (χ3v) is 2.36. The van der Waals surface area contributed by atoms with Crippen LogP contribution in [0.15, 0.2) is 18.2 Å². The van der Waals surface area contributed by atoms with Crippen molar-refractivity contribution < 1.29 is 9.47 Å². The van der Waals surface area contributed by atoms with Crippen LogP contribution in [0.5, 0.6) is 5.75 Å². The molecule has 0 saturated heterocycles. The fourth-order valence-corrected chi connectivity index (χ4v) is 1.52. The van der Waals surface area contributed by atoms with Gasteiger partial charge in [0.25, 0.3) is 0 Å². The van der Waals surface area contributed by atoms with Gasteiger partial charge in [-0.1, -0.05) is 6.07 Å². The van der Waals surface area contributed by atoms with E-state index in [1.54, 1.807) is 14.2 Å². The van der Waals surface area contributed by atoms with E-state index < -0.39 is 0 Å². The standard InChI is InChI=1S/C12H19NO2/c1-13-7-6-10-4-5-12(15-3)8-11(10)9-14-2/h4-5,8,13H,6-7,9H2,1-3H3. The van der Waals surface area contributed by atoms with Crippen molar-refractivity contribution in [3.63, 3.8) is 0 Å². The molecule has 0 unspecified atom stereocenters. The van der Waals surface area contributed by atoms with Crippen LogP contribution in [-0.4, -0.2) is 27.8 Å². The zero-order chi connectivity index (χ0) is 11.1. The molecule has 0 aliphatic heterocycles. The van der Waals surface area contributed by atoms with Gasteiger partial charge in [-0.3, -0.25) is 0 Å². The SMILES string of the molecule is CNCCc1ccc(OC)cc1COC. The van der Waals surface area contributed by atoms with Crippen molar-refractivity contribution in [2.75, 3.05) is 27.8 Å². The fourth-order valence-electron chi connectivity index (χ4n) is 1.52. The van der Waals surface area contributed by atoms with Crippen LogP contribution >= 0.6 is 0 Å². The molecule has 0 radical (unpaired) electrons. The summed E-state index contributed by atoms with van der Waals surface area (Å²) in [5.74, 6) is 0.884. The minimum Gasteiger partial charge on any atom is -0.497 e. The Balaban J connectivity index is 2.82. The van der Waals surface area contributed by atoms with Crippen molar-refractivity contribution >= 4 is 0 Å². The predicted octanol–water partition coefficient (Wildman–Crippen LogP) is 1.60. The quantitative estimate of drug-likeness (QED) is 0.772. The molecule has 0 saturated carbocycles. The number of methoxy groups -OCH3 is 2. The van der Waals surface area contributed by atoms with Gasteiger partial charge >= 0.3 is 0 Å². The zero-order valence-electron chi connectivity index (χ0n) is 9.67. The number of nitrogens with one attached hydrogen (secondary N) is 1. The number of rotatable bonds is 6. The molecular formula is C12H19NO2. The first-order chi connectivity index (χ1) is 7.31. The van der Waals surface area contributed by atoms with Crippen molar-refractivity contribution in [1.82, 2.24) is 5.32 Å². The molecule has 0 heterocycles. The highest BCUT2D eigenvalue weighted by atomic mass is 16.5. The first kappa shape index (κ1) is 12.0. The van der Waals surface area contributed by atoms with Crippen LogP contribution < -0.4 is 10.1 Å². The number of hydrogen-bond donors (Lipinski definition) is 1. The Morgan fingerprint density at radius 2 is 2.00 bits per heavy atom. The second-order valence-corrected chi connectivity index (χ2v) is 3.42. The Bertz CT molecular complexity index is 300. The van der Waals surface area contributed by atoms with E-state index in [9.17, 15) is 0 Å². The molecule has 84 valence electrons. The zero-order valence-corrected chi connectivity index (χ0v) is 9.67. The topological polar surface area (TPSA) is 30.5 Å². The average molecular weight is 209 g/mol. The molecule has 0 fully saturated rings. The highest BCUT2D eigenvalue weighted by Gasteiger charge is 2.03. The lowest BCUT2D eigenvalue weighted by molar-refractivity contribution is 0.184. The van der Waals surface area contributed by atoms with Crippen LogP contribution in [0.3, 0.4) is 0 Å². The summed E-state index contributed by atoms with van der Waals surface area (Å²) in [7, 11) is 5.35. The van der Waals surface area contributed by atoms with Crippen molar-refractivity contribution in [2.45, 2.75) is 13.0 Å². The molecule has 1 aromatic carbocycles. The molecule has 0 bridgehead atoms. The highest BCUT2D eigenvalue weighted by Crippen LogP contribution is 2.18. The van der Waals surface area contributed by atoms with Crippen molar-refractivity contribution in [3.05, 3.63) is 29.3 Å². The molecule has 0 atom stereocenters. The molecule has 3 nitrogen and oxygen atoms in total. The molecule has 0 aliphatic rings. The van der Waals surface area contributed by atoms with E-state index in [1.807, 2.05) is 19.2 Å². The Labute approximate surface area is 91.4 Å². The Kier molecular flexibility index (Phi) is 5.15. The normalized spacial score (nSPS) is 10.3. The van der Waals surface area contributed by atoms with Crippen molar-refractivity contribution in [2.24, 2.45) is 0 Å². The third kappa shape index (κ3) is 3.53. The van der Waals surface area contributed by atoms with Gasteiger partial charge in [-0.15, -0.1) is 0 Å². The van der Waals surface area contributed by atoms with Gasteiger partial charge < -0.3 is 14.8 Å². The smallest absolute Gasteiger partial charge is 0.119 e. The second kappa shape index (κ2) is 6.43. The molecule has 0 amide bonds. The molecule has 15 heavy (non-hydrogen) atoms. The van der Waals surface area contributed by atoms with E-state index in [0.717, 1.165) is 18.7 Å². The lowest BCUT2D eigenvalue weighted by Gasteiger charge is -2.10. The van der Waals surface area contributed by atoms with E-state index in [1.165, 1.54) is 11.1 Å². The van der Waals surface area contributed by atoms with Crippen LogP contribution in [0, 0.1) is 0 Å². The van der Waals surface area contributed by atoms with E-state index in [0.29, 0.717) is 6.61 Å². The number of hydrogen-bond acceptors (Lipinski definition) is 3. The summed E-state index contributed by atoms with van der Waals surface area (Å²) in [5, 5.41) is 3.14. The lowest BCUT2D eigenvalue weighted by Crippen LogP contribution is -2.11. The summed E-state index contributed by atoms with van der Waals surface area (Å²) in [6, 6.07) is 6.13. The minimum atomic E-state index is 0.635. The predicted molar refractivity (Wildman–Crippen MR) is 61.3 cm³/mol. The van der Waals surface area contributed by atoms with Gasteiger partial charge in [0.05, 0.1) is 13.7 Å². The first-order valence-corrected chi connectivity index (χ1v) is 5.11. The molecule has 0 aliphatic carbocycles. The fraction of sp³-hybridized carbons (Fsp3) is 0.500. The maximum Gasteiger partial charge on any atom is 0.119 e. The summed E-state index contributed by atoms with van der Waals surface area (Å²) in [6.07, 6.45) is 1.01. The van der Waals surface area contributed by atoms with Gasteiger partial charge in [0.1, 0.15) is 5.75 Å². The summed E-state index contributed by atoms with van der Waals surface area (Å²) in [6.45, 7) is 1.61. The molecule has 0 spiro atoms. The maximum absolute atomic E-state index is 5.19. The van der Waals surface area contributed by atoms with Gasteiger partial charge in [0.2, 0.25) is 0 Å². The van der Waals surface area contributed by atoms with E-state index in [4.69, 9.17) is 9.47 Å². The lowest BCUT2D eigenvalue weighted by atomic mass is 10.0. The first-order valence-electron chi connectivity index (χ1n) is 5.11. The second-order valence-electron chi connectivity index (χ2n) is 3.42. The summed E-state index contributed by atoms with van der Waals surface area (Å²) in [5.41, 5.74) is 2.51. The van der Waals surface area contributed by atoms with Crippen LogP contribution in [-0.2, 0) is 17.8 Å². The number of benzene rings is 1. The van der Waals surface area contributed by atoms with Gasteiger partial charge in [-0.25, -0.2) is 0 Å². The van der Waals surface area contributed by atoms with Crippen LogP contribution in [0.25, 0.3) is 0 Å². The maximum atomic E-state index is 5.19. The van der Waals surface area contributed by atoms with E-state index in [2.05, 4.69) is 11.4 Å². The molecule has 0 aromatic heterocycles. The molecule has 1 N–H and O–H groups in total. The van der Waals surface area contributed by atoms with Crippen LogP contribution in [0.2, 0.25) is 0 Å². The van der Waals surface area contributed by atoms with Crippen LogP contribution in [0.4, 0.5) is 0 Å². The number of ether oxygens (including phenoxy) is 2. The van der Waals surface area contributed by atoms with Crippen molar-refractivity contribution in [3.8, 4) is 5.75 Å². The van der Waals surface area contributed by atoms with Gasteiger partial charge in [0, 0.05) is 7.11 Å². The monoisotopic (exact) mass is 209 g/mol. The van der Waals surface area contributed by atoms with E-state index >= 15 is 0 Å². The summed E-state index contributed by atoms with van der Waals surface area (Å²) >= 11 is 0. The molecule has 3 heteroatoms. The van der Waals surface area contributed by atoms with Gasteiger partial charge in [-0.05, 0) is 43.3 Å². The summed E-state index contributed by atoms with van der Waals surface area (Å²) < 4.78 is 10.4. The molecule has 1 rings (SSSR count). The Morgan fingerprint density at radius 3 is 2.60 bits per heavy atom. The third-order valence-electron chi connectivity index (χ3n) is 2.36. The average Bonchev–Trinajstić information content (AvgIpc) is 2.27. The summed E-state index contributed by atoms with van der Waals surface area (Å²) in [4.78, 5) is 0.